The molecule has 1 aliphatic heterocycles. The van der Waals surface area contributed by atoms with Crippen LogP contribution in [-0.4, -0.2) is 31.7 Å². The Labute approximate surface area is 224 Å². The second-order valence-corrected chi connectivity index (χ2v) is 10.3. The Balaban J connectivity index is 1.50. The van der Waals surface area contributed by atoms with Crippen molar-refractivity contribution in [3.8, 4) is 23.0 Å². The summed E-state index contributed by atoms with van der Waals surface area (Å²) in [5, 5.41) is 13.4. The Bertz CT molecular complexity index is 1550. The van der Waals surface area contributed by atoms with Crippen molar-refractivity contribution in [3.05, 3.63) is 87.5 Å². The molecule has 2 N–H and O–H groups in total. The molecule has 0 aliphatic carbocycles. The maximum Gasteiger partial charge on any atom is 0.234 e. The second-order valence-electron chi connectivity index (χ2n) is 9.34. The average Bonchev–Trinajstić information content (AvgIpc) is 2.89. The molecule has 1 aliphatic rings. The quantitative estimate of drug-likeness (QED) is 0.211. The fraction of sp³-hybridized carbons (Fsp3) is 0.241. The van der Waals surface area contributed by atoms with E-state index in [-0.39, 0.29) is 29.7 Å². The van der Waals surface area contributed by atoms with E-state index in [0.29, 0.717) is 39.9 Å². The van der Waals surface area contributed by atoms with Crippen LogP contribution >= 0.6 is 11.8 Å². The van der Waals surface area contributed by atoms with E-state index in [1.165, 1.54) is 17.8 Å². The highest BCUT2D eigenvalue weighted by Gasteiger charge is 2.28. The lowest BCUT2D eigenvalue weighted by Gasteiger charge is -2.24. The maximum absolute atomic E-state index is 14.7. The summed E-state index contributed by atoms with van der Waals surface area (Å²) in [5.41, 5.74) is 6.94. The zero-order chi connectivity index (χ0) is 27.0. The molecule has 7 nitrogen and oxygen atoms in total. The summed E-state index contributed by atoms with van der Waals surface area (Å²) in [6, 6.07) is 10.3. The molecule has 0 radical (unpaired) electrons. The Hall–Kier alpha value is -3.82. The van der Waals surface area contributed by atoms with Gasteiger partial charge in [0.1, 0.15) is 10.8 Å². The third kappa shape index (κ3) is 4.99. The van der Waals surface area contributed by atoms with E-state index in [0.717, 1.165) is 27.9 Å². The van der Waals surface area contributed by atoms with Crippen LogP contribution in [0.15, 0.2) is 47.6 Å². The normalized spacial score (nSPS) is 11.9. The van der Waals surface area contributed by atoms with Crippen LogP contribution in [0.2, 0.25) is 0 Å². The molecule has 3 heterocycles. The number of aliphatic hydroxyl groups is 1. The Kier molecular flexibility index (Phi) is 7.14. The maximum atomic E-state index is 14.7. The summed E-state index contributed by atoms with van der Waals surface area (Å²) in [4.78, 5) is 26.5. The van der Waals surface area contributed by atoms with E-state index < -0.39 is 5.82 Å². The van der Waals surface area contributed by atoms with Crippen molar-refractivity contribution >= 4 is 23.4 Å². The fourth-order valence-electron chi connectivity index (χ4n) is 4.66. The number of thioether (sulfide) groups is 1. The van der Waals surface area contributed by atoms with Gasteiger partial charge < -0.3 is 15.2 Å². The molecular weight excluding hydrogens is 503 g/mol. The van der Waals surface area contributed by atoms with Crippen molar-refractivity contribution in [1.29, 1.82) is 0 Å². The summed E-state index contributed by atoms with van der Waals surface area (Å²) in [7, 11) is 0. The molecule has 5 rings (SSSR count). The standard InChI is InChI=1S/C29H27FN4O3S/c1-15-9-16(2)25(17(3)10-15)32-24(36)14-38-29-22-11-21-19(13-35)12-31-18(4)26(21)37-28(22)33-27(34-29)20-7-5-6-8-23(20)30/h5-10,12,35H,11,13-14H2,1-4H3,(H,32,36). The Morgan fingerprint density at radius 3 is 2.55 bits per heavy atom. The highest BCUT2D eigenvalue weighted by atomic mass is 32.2. The number of nitrogens with zero attached hydrogens (tertiary/aromatic N) is 3. The first-order valence-electron chi connectivity index (χ1n) is 12.2. The lowest BCUT2D eigenvalue weighted by Crippen LogP contribution is -2.17. The van der Waals surface area contributed by atoms with Gasteiger partial charge in [-0.05, 0) is 51.0 Å². The number of anilines is 1. The minimum atomic E-state index is -0.455. The van der Waals surface area contributed by atoms with Gasteiger partial charge in [0, 0.05) is 29.4 Å². The number of pyridine rings is 1. The highest BCUT2D eigenvalue weighted by molar-refractivity contribution is 8.00. The third-order valence-corrected chi connectivity index (χ3v) is 7.47. The van der Waals surface area contributed by atoms with E-state index in [2.05, 4.69) is 20.3 Å². The number of fused-ring (bicyclic) bond motifs is 2. The Morgan fingerprint density at radius 2 is 1.84 bits per heavy atom. The molecule has 0 saturated heterocycles. The first-order chi connectivity index (χ1) is 18.2. The van der Waals surface area contributed by atoms with Gasteiger partial charge in [-0.25, -0.2) is 9.37 Å². The number of aryl methyl sites for hydroxylation is 4. The van der Waals surface area contributed by atoms with Gasteiger partial charge in [0.2, 0.25) is 11.8 Å². The van der Waals surface area contributed by atoms with Gasteiger partial charge in [0.15, 0.2) is 11.6 Å². The van der Waals surface area contributed by atoms with Crippen molar-refractivity contribution in [3.63, 3.8) is 0 Å². The topological polar surface area (TPSA) is 97.2 Å². The minimum Gasteiger partial charge on any atom is -0.436 e. The summed E-state index contributed by atoms with van der Waals surface area (Å²) in [6.45, 7) is 7.58. The number of hydrogen-bond acceptors (Lipinski definition) is 7. The van der Waals surface area contributed by atoms with Crippen molar-refractivity contribution < 1.29 is 19.0 Å². The molecule has 194 valence electrons. The predicted molar refractivity (Wildman–Crippen MR) is 145 cm³/mol. The molecule has 2 aromatic heterocycles. The van der Waals surface area contributed by atoms with Crippen LogP contribution in [-0.2, 0) is 17.8 Å². The first kappa shape index (κ1) is 25.8. The third-order valence-electron chi connectivity index (χ3n) is 6.45. The monoisotopic (exact) mass is 530 g/mol. The summed E-state index contributed by atoms with van der Waals surface area (Å²) >= 11 is 1.24. The number of ether oxygens (including phenoxy) is 1. The van der Waals surface area contributed by atoms with Crippen molar-refractivity contribution in [2.24, 2.45) is 0 Å². The highest BCUT2D eigenvalue weighted by Crippen LogP contribution is 2.42. The van der Waals surface area contributed by atoms with Crippen LogP contribution in [0, 0.1) is 33.5 Å². The van der Waals surface area contributed by atoms with Gasteiger partial charge in [0.25, 0.3) is 0 Å². The molecule has 38 heavy (non-hydrogen) atoms. The average molecular weight is 531 g/mol. The summed E-state index contributed by atoms with van der Waals surface area (Å²) in [6.07, 6.45) is 2.02. The molecular formula is C29H27FN4O3S. The van der Waals surface area contributed by atoms with Gasteiger partial charge in [-0.3, -0.25) is 9.78 Å². The SMILES string of the molecule is Cc1cc(C)c(NC(=O)CSc2nc(-c3ccccc3F)nc3c2Cc2c(CO)cnc(C)c2O3)c(C)c1. The van der Waals surface area contributed by atoms with Crippen LogP contribution < -0.4 is 10.1 Å². The van der Waals surface area contributed by atoms with Crippen LogP contribution in [0.4, 0.5) is 10.1 Å². The number of aromatic nitrogens is 3. The van der Waals surface area contributed by atoms with Crippen LogP contribution in [0.1, 0.15) is 39.1 Å². The van der Waals surface area contributed by atoms with E-state index >= 15 is 0 Å². The van der Waals surface area contributed by atoms with Crippen LogP contribution in [0.25, 0.3) is 11.4 Å². The molecule has 4 aromatic rings. The van der Waals surface area contributed by atoms with Crippen LogP contribution in [0.3, 0.4) is 0 Å². The predicted octanol–water partition coefficient (Wildman–Crippen LogP) is 5.83. The number of benzene rings is 2. The smallest absolute Gasteiger partial charge is 0.234 e. The number of carbonyl (C=O) groups is 1. The number of rotatable bonds is 6. The van der Waals surface area contributed by atoms with Gasteiger partial charge in [-0.2, -0.15) is 4.98 Å². The number of carbonyl (C=O) groups excluding carboxylic acids is 1. The molecule has 9 heteroatoms. The summed E-state index contributed by atoms with van der Waals surface area (Å²) < 4.78 is 20.8. The lowest BCUT2D eigenvalue weighted by atomic mass is 9.99. The second kappa shape index (κ2) is 10.5. The van der Waals surface area contributed by atoms with Gasteiger partial charge >= 0.3 is 0 Å². The number of nitrogens with one attached hydrogen (secondary N) is 1. The molecule has 0 spiro atoms. The molecule has 2 aromatic carbocycles. The van der Waals surface area contributed by atoms with E-state index in [9.17, 15) is 14.3 Å². The molecule has 0 saturated carbocycles. The van der Waals surface area contributed by atoms with Crippen molar-refractivity contribution in [2.75, 3.05) is 11.1 Å². The molecule has 1 amide bonds. The zero-order valence-electron chi connectivity index (χ0n) is 21.6. The number of halogens is 1. The van der Waals surface area contributed by atoms with Gasteiger partial charge in [0.05, 0.1) is 29.2 Å². The fourth-order valence-corrected chi connectivity index (χ4v) is 5.49. The summed E-state index contributed by atoms with van der Waals surface area (Å²) in [5.74, 6) is 0.436. The van der Waals surface area contributed by atoms with E-state index in [1.54, 1.807) is 24.4 Å². The van der Waals surface area contributed by atoms with Crippen molar-refractivity contribution in [1.82, 2.24) is 15.0 Å². The Morgan fingerprint density at radius 1 is 1.11 bits per heavy atom. The van der Waals surface area contributed by atoms with Gasteiger partial charge in [-0.1, -0.05) is 41.6 Å². The number of aliphatic hydroxyl groups excluding tert-OH is 1. The minimum absolute atomic E-state index is 0.0853. The number of hydrogen-bond donors (Lipinski definition) is 2. The first-order valence-corrected chi connectivity index (χ1v) is 13.2. The molecule has 0 atom stereocenters. The molecule has 0 fully saturated rings. The molecule has 0 bridgehead atoms. The molecule has 0 unspecified atom stereocenters. The zero-order valence-corrected chi connectivity index (χ0v) is 22.4. The lowest BCUT2D eigenvalue weighted by molar-refractivity contribution is -0.113. The van der Waals surface area contributed by atoms with Gasteiger partial charge in [-0.15, -0.1) is 0 Å². The van der Waals surface area contributed by atoms with E-state index in [4.69, 9.17) is 4.74 Å². The van der Waals surface area contributed by atoms with Crippen molar-refractivity contribution in [2.45, 2.75) is 45.7 Å². The van der Waals surface area contributed by atoms with E-state index in [1.807, 2.05) is 39.8 Å². The number of amides is 1. The van der Waals surface area contributed by atoms with Crippen LogP contribution in [0.5, 0.6) is 11.6 Å². The largest absolute Gasteiger partial charge is 0.436 e.